The van der Waals surface area contributed by atoms with E-state index in [0.717, 1.165) is 17.8 Å². The number of imidazole rings is 1. The number of halogens is 1. The van der Waals surface area contributed by atoms with Crippen LogP contribution in [0.4, 0.5) is 4.39 Å². The number of rotatable bonds is 1. The maximum atomic E-state index is 12.9. The van der Waals surface area contributed by atoms with Crippen molar-refractivity contribution in [1.82, 2.24) is 14.5 Å². The average molecular weight is 259 g/mol. The number of aryl methyl sites for hydroxylation is 1. The van der Waals surface area contributed by atoms with E-state index in [1.807, 2.05) is 11.6 Å². The van der Waals surface area contributed by atoms with E-state index >= 15 is 0 Å². The summed E-state index contributed by atoms with van der Waals surface area (Å²) in [6, 6.07) is 5.67. The number of carbonyl (C=O) groups excluding carboxylic acids is 1. The Hall–Kier alpha value is -2.17. The van der Waals surface area contributed by atoms with Gasteiger partial charge in [-0.1, -0.05) is 0 Å². The molecule has 1 aromatic carbocycles. The number of amides is 1. The fourth-order valence-electron chi connectivity index (χ4n) is 2.36. The summed E-state index contributed by atoms with van der Waals surface area (Å²) in [5, 5.41) is 0. The minimum atomic E-state index is -0.330. The van der Waals surface area contributed by atoms with Crippen LogP contribution in [0.2, 0.25) is 0 Å². The van der Waals surface area contributed by atoms with Crippen LogP contribution in [0.15, 0.2) is 30.6 Å². The van der Waals surface area contributed by atoms with Gasteiger partial charge in [0.2, 0.25) is 0 Å². The SMILES string of the molecule is Cn1cnc2c1CN(C(=O)c1ccc(F)cc1)CC2. The van der Waals surface area contributed by atoms with Crippen molar-refractivity contribution >= 4 is 5.91 Å². The first-order valence-electron chi connectivity index (χ1n) is 6.19. The normalized spacial score (nSPS) is 14.3. The Morgan fingerprint density at radius 1 is 1.32 bits per heavy atom. The van der Waals surface area contributed by atoms with Crippen molar-refractivity contribution in [2.75, 3.05) is 6.54 Å². The third kappa shape index (κ3) is 2.12. The van der Waals surface area contributed by atoms with E-state index in [1.54, 1.807) is 11.2 Å². The molecule has 0 atom stereocenters. The number of aromatic nitrogens is 2. The number of carbonyl (C=O) groups is 1. The Kier molecular flexibility index (Phi) is 2.81. The molecule has 0 bridgehead atoms. The fourth-order valence-corrected chi connectivity index (χ4v) is 2.36. The first kappa shape index (κ1) is 11.9. The second-order valence-corrected chi connectivity index (χ2v) is 4.73. The van der Waals surface area contributed by atoms with E-state index in [9.17, 15) is 9.18 Å². The highest BCUT2D eigenvalue weighted by atomic mass is 19.1. The van der Waals surface area contributed by atoms with Gasteiger partial charge in [0.25, 0.3) is 5.91 Å². The highest BCUT2D eigenvalue weighted by Crippen LogP contribution is 2.19. The van der Waals surface area contributed by atoms with Crippen molar-refractivity contribution in [2.45, 2.75) is 13.0 Å². The summed E-state index contributed by atoms with van der Waals surface area (Å²) in [5.74, 6) is -0.393. The lowest BCUT2D eigenvalue weighted by molar-refractivity contribution is 0.0730. The zero-order valence-electron chi connectivity index (χ0n) is 10.6. The second-order valence-electron chi connectivity index (χ2n) is 4.73. The highest BCUT2D eigenvalue weighted by Gasteiger charge is 2.24. The minimum absolute atomic E-state index is 0.0631. The summed E-state index contributed by atoms with van der Waals surface area (Å²) in [6.07, 6.45) is 2.54. The number of hydrogen-bond donors (Lipinski definition) is 0. The van der Waals surface area contributed by atoms with E-state index < -0.39 is 0 Å². The molecule has 1 aromatic heterocycles. The molecule has 0 unspecified atom stereocenters. The quantitative estimate of drug-likeness (QED) is 0.782. The molecule has 0 aliphatic carbocycles. The second kappa shape index (κ2) is 4.50. The van der Waals surface area contributed by atoms with Gasteiger partial charge in [0, 0.05) is 25.6 Å². The fraction of sp³-hybridized carbons (Fsp3) is 0.286. The molecule has 1 aliphatic rings. The van der Waals surface area contributed by atoms with Gasteiger partial charge in [-0.25, -0.2) is 9.37 Å². The average Bonchev–Trinajstić information content (AvgIpc) is 2.80. The zero-order valence-corrected chi connectivity index (χ0v) is 10.6. The first-order chi connectivity index (χ1) is 9.15. The van der Waals surface area contributed by atoms with Gasteiger partial charge in [-0.3, -0.25) is 4.79 Å². The van der Waals surface area contributed by atoms with Crippen LogP contribution in [0.3, 0.4) is 0 Å². The minimum Gasteiger partial charge on any atom is -0.336 e. The zero-order chi connectivity index (χ0) is 13.4. The molecule has 0 fully saturated rings. The third-order valence-corrected chi connectivity index (χ3v) is 3.48. The summed E-state index contributed by atoms with van der Waals surface area (Å²) < 4.78 is 14.8. The summed E-state index contributed by atoms with van der Waals surface area (Å²) in [7, 11) is 1.93. The molecule has 4 nitrogen and oxygen atoms in total. The van der Waals surface area contributed by atoms with Crippen molar-refractivity contribution in [1.29, 1.82) is 0 Å². The van der Waals surface area contributed by atoms with E-state index in [-0.39, 0.29) is 11.7 Å². The van der Waals surface area contributed by atoms with Crippen molar-refractivity contribution < 1.29 is 9.18 Å². The molecule has 19 heavy (non-hydrogen) atoms. The van der Waals surface area contributed by atoms with Crippen LogP contribution in [-0.2, 0) is 20.0 Å². The number of hydrogen-bond acceptors (Lipinski definition) is 2. The summed E-state index contributed by atoms with van der Waals surface area (Å²) in [5.41, 5.74) is 2.65. The molecule has 0 saturated heterocycles. The van der Waals surface area contributed by atoms with Crippen LogP contribution < -0.4 is 0 Å². The smallest absolute Gasteiger partial charge is 0.254 e. The van der Waals surface area contributed by atoms with Gasteiger partial charge in [-0.05, 0) is 24.3 Å². The number of fused-ring (bicyclic) bond motifs is 1. The van der Waals surface area contributed by atoms with E-state index in [1.165, 1.54) is 24.3 Å². The van der Waals surface area contributed by atoms with Crippen LogP contribution in [0.1, 0.15) is 21.7 Å². The predicted molar refractivity (Wildman–Crippen MR) is 68.1 cm³/mol. The monoisotopic (exact) mass is 259 g/mol. The molecule has 0 spiro atoms. The number of nitrogens with zero attached hydrogens (tertiary/aromatic N) is 3. The molecule has 0 radical (unpaired) electrons. The van der Waals surface area contributed by atoms with Crippen molar-refractivity contribution in [3.63, 3.8) is 0 Å². The van der Waals surface area contributed by atoms with Crippen LogP contribution in [0.25, 0.3) is 0 Å². The highest BCUT2D eigenvalue weighted by molar-refractivity contribution is 5.94. The molecule has 1 aliphatic heterocycles. The summed E-state index contributed by atoms with van der Waals surface area (Å²) in [6.45, 7) is 1.21. The Morgan fingerprint density at radius 2 is 2.05 bits per heavy atom. The Morgan fingerprint density at radius 3 is 2.79 bits per heavy atom. The molecule has 98 valence electrons. The van der Waals surface area contributed by atoms with Gasteiger partial charge in [0.05, 0.1) is 24.3 Å². The van der Waals surface area contributed by atoms with Gasteiger partial charge < -0.3 is 9.47 Å². The Balaban J connectivity index is 1.83. The van der Waals surface area contributed by atoms with Crippen LogP contribution in [0.5, 0.6) is 0 Å². The maximum Gasteiger partial charge on any atom is 0.254 e. The Labute approximate surface area is 110 Å². The lowest BCUT2D eigenvalue weighted by Crippen LogP contribution is -2.36. The molecule has 0 N–H and O–H groups in total. The lowest BCUT2D eigenvalue weighted by atomic mass is 10.1. The van der Waals surface area contributed by atoms with Crippen LogP contribution in [-0.4, -0.2) is 26.9 Å². The van der Waals surface area contributed by atoms with Crippen molar-refractivity contribution in [2.24, 2.45) is 7.05 Å². The van der Waals surface area contributed by atoms with E-state index in [4.69, 9.17) is 0 Å². The number of benzene rings is 1. The molecule has 0 saturated carbocycles. The van der Waals surface area contributed by atoms with Crippen molar-refractivity contribution in [3.05, 3.63) is 53.4 Å². The topological polar surface area (TPSA) is 38.1 Å². The van der Waals surface area contributed by atoms with E-state index in [2.05, 4.69) is 4.98 Å². The summed E-state index contributed by atoms with van der Waals surface area (Å²) >= 11 is 0. The van der Waals surface area contributed by atoms with E-state index in [0.29, 0.717) is 18.7 Å². The standard InChI is InChI=1S/C14H14FN3O/c1-17-9-16-12-6-7-18(8-13(12)17)14(19)10-2-4-11(15)5-3-10/h2-5,9H,6-8H2,1H3. The third-order valence-electron chi connectivity index (χ3n) is 3.48. The van der Waals surface area contributed by atoms with Crippen LogP contribution >= 0.6 is 0 Å². The molecular formula is C14H14FN3O. The van der Waals surface area contributed by atoms with Crippen molar-refractivity contribution in [3.8, 4) is 0 Å². The Bertz CT molecular complexity index is 618. The van der Waals surface area contributed by atoms with Gasteiger partial charge >= 0.3 is 0 Å². The summed E-state index contributed by atoms with van der Waals surface area (Å²) in [4.78, 5) is 18.4. The molecular weight excluding hydrogens is 245 g/mol. The molecule has 2 heterocycles. The molecule has 2 aromatic rings. The van der Waals surface area contributed by atoms with Gasteiger partial charge in [-0.2, -0.15) is 0 Å². The first-order valence-corrected chi connectivity index (χ1v) is 6.19. The maximum absolute atomic E-state index is 12.9. The largest absolute Gasteiger partial charge is 0.336 e. The van der Waals surface area contributed by atoms with Gasteiger partial charge in [0.15, 0.2) is 0 Å². The lowest BCUT2D eigenvalue weighted by Gasteiger charge is -2.27. The van der Waals surface area contributed by atoms with Gasteiger partial charge in [-0.15, -0.1) is 0 Å². The van der Waals surface area contributed by atoms with Gasteiger partial charge in [0.1, 0.15) is 5.82 Å². The molecule has 3 rings (SSSR count). The molecule has 1 amide bonds. The molecule has 5 heteroatoms. The predicted octanol–water partition coefficient (Wildman–Crippen LogP) is 1.76. The van der Waals surface area contributed by atoms with Crippen LogP contribution in [0, 0.1) is 5.82 Å².